The third-order valence-electron chi connectivity index (χ3n) is 2.05. The summed E-state index contributed by atoms with van der Waals surface area (Å²) in [5, 5.41) is 3.63. The van der Waals surface area contributed by atoms with Gasteiger partial charge in [0.1, 0.15) is 0 Å². The highest BCUT2D eigenvalue weighted by Gasteiger charge is 2.06. The van der Waals surface area contributed by atoms with E-state index in [0.717, 1.165) is 5.56 Å². The van der Waals surface area contributed by atoms with E-state index < -0.39 is 0 Å². The first-order valence-electron chi connectivity index (χ1n) is 4.66. The number of rotatable bonds is 3. The molecule has 5 heteroatoms. The fraction of sp³-hybridized carbons (Fsp3) is 0.200. The molecule has 0 aliphatic heterocycles. The summed E-state index contributed by atoms with van der Waals surface area (Å²) >= 11 is 0. The highest BCUT2D eigenvalue weighted by Crippen LogP contribution is 2.18. The molecule has 0 saturated heterocycles. The second-order valence-electron chi connectivity index (χ2n) is 3.23. The monoisotopic (exact) mass is 204 g/mol. The van der Waals surface area contributed by atoms with Crippen molar-refractivity contribution in [2.75, 3.05) is 5.73 Å². The van der Waals surface area contributed by atoms with E-state index in [9.17, 15) is 0 Å². The molecule has 0 spiro atoms. The van der Waals surface area contributed by atoms with E-state index in [-0.39, 0.29) is 11.9 Å². The summed E-state index contributed by atoms with van der Waals surface area (Å²) in [7, 11) is 0. The summed E-state index contributed by atoms with van der Waals surface area (Å²) in [5.41, 5.74) is 10.8. The van der Waals surface area contributed by atoms with Gasteiger partial charge in [0.2, 0.25) is 0 Å². The predicted molar refractivity (Wildman–Crippen MR) is 54.7 cm³/mol. The van der Waals surface area contributed by atoms with Gasteiger partial charge in [-0.25, -0.2) is 5.43 Å². The van der Waals surface area contributed by atoms with Crippen LogP contribution in [-0.2, 0) is 0 Å². The summed E-state index contributed by atoms with van der Waals surface area (Å²) in [6.07, 6.45) is 1.53. The van der Waals surface area contributed by atoms with Gasteiger partial charge in [0, 0.05) is 6.04 Å². The Bertz CT molecular complexity index is 426. The molecule has 0 bridgehead atoms. The smallest absolute Gasteiger partial charge is 0.265 e. The Balaban J connectivity index is 2.07. The van der Waals surface area contributed by atoms with Crippen LogP contribution in [0.3, 0.4) is 0 Å². The number of hydrogen-bond acceptors (Lipinski definition) is 3. The molecule has 0 fully saturated rings. The van der Waals surface area contributed by atoms with Crippen molar-refractivity contribution in [3.05, 3.63) is 47.5 Å². The van der Waals surface area contributed by atoms with Gasteiger partial charge in [-0.2, -0.15) is 0 Å². The lowest BCUT2D eigenvalue weighted by atomic mass is 10.1. The fourth-order valence-corrected chi connectivity index (χ4v) is 1.28. The molecule has 0 saturated carbocycles. The van der Waals surface area contributed by atoms with Crippen LogP contribution in [0, 0.1) is 0 Å². The molecule has 78 valence electrons. The Morgan fingerprint density at radius 2 is 2.13 bits per heavy atom. The van der Waals surface area contributed by atoms with Crippen molar-refractivity contribution in [1.29, 1.82) is 0 Å². The molecule has 5 nitrogen and oxygen atoms in total. The van der Waals surface area contributed by atoms with Crippen molar-refractivity contribution >= 4 is 5.88 Å². The van der Waals surface area contributed by atoms with Gasteiger partial charge in [0.25, 0.3) is 12.1 Å². The minimum atomic E-state index is 0.0145. The molecule has 1 aromatic carbocycles. The van der Waals surface area contributed by atoms with E-state index in [4.69, 9.17) is 10.3 Å². The average Bonchev–Trinajstić information content (AvgIpc) is 2.65. The van der Waals surface area contributed by atoms with Gasteiger partial charge in [0.05, 0.1) is 0 Å². The summed E-state index contributed by atoms with van der Waals surface area (Å²) in [6.45, 7) is 1.98. The van der Waals surface area contributed by atoms with Crippen LogP contribution in [-0.4, -0.2) is 5.27 Å². The van der Waals surface area contributed by atoms with E-state index in [1.807, 2.05) is 37.3 Å². The van der Waals surface area contributed by atoms with E-state index in [1.54, 1.807) is 0 Å². The Morgan fingerprint density at radius 3 is 2.73 bits per heavy atom. The lowest BCUT2D eigenvalue weighted by Crippen LogP contribution is -2.31. The van der Waals surface area contributed by atoms with Crippen LogP contribution < -0.4 is 10.5 Å². The normalized spacial score (nSPS) is 12.3. The zero-order valence-corrected chi connectivity index (χ0v) is 8.37. The Kier molecular flexibility index (Phi) is 2.53. The third-order valence-corrected chi connectivity index (χ3v) is 2.05. The SMILES string of the molecule is CC([N-][n+]1cc(N)on1)c1ccccc1. The number of nitrogens with zero attached hydrogens (tertiary/aromatic N) is 3. The first kappa shape index (κ1) is 9.51. The molecule has 2 N–H and O–H groups in total. The maximum Gasteiger partial charge on any atom is 0.265 e. The zero-order valence-electron chi connectivity index (χ0n) is 8.37. The highest BCUT2D eigenvalue weighted by atomic mass is 16.5. The lowest BCUT2D eigenvalue weighted by Gasteiger charge is -2.11. The van der Waals surface area contributed by atoms with Crippen LogP contribution >= 0.6 is 0 Å². The van der Waals surface area contributed by atoms with Crippen LogP contribution in [0.1, 0.15) is 18.5 Å². The minimum absolute atomic E-state index is 0.0145. The van der Waals surface area contributed by atoms with Crippen molar-refractivity contribution in [2.24, 2.45) is 0 Å². The van der Waals surface area contributed by atoms with E-state index in [2.05, 4.69) is 10.7 Å². The van der Waals surface area contributed by atoms with Gasteiger partial charge >= 0.3 is 0 Å². The number of nitrogen functional groups attached to an aromatic ring is 1. The average molecular weight is 204 g/mol. The molecule has 1 unspecified atom stereocenters. The van der Waals surface area contributed by atoms with Gasteiger partial charge in [-0.05, 0) is 10.8 Å². The fourth-order valence-electron chi connectivity index (χ4n) is 1.28. The maximum atomic E-state index is 5.38. The van der Waals surface area contributed by atoms with Gasteiger partial charge in [-0.1, -0.05) is 42.0 Å². The molecule has 1 heterocycles. The van der Waals surface area contributed by atoms with Gasteiger partial charge in [-0.3, -0.25) is 0 Å². The number of hydrogen-bond donors (Lipinski definition) is 1. The van der Waals surface area contributed by atoms with Crippen molar-refractivity contribution in [1.82, 2.24) is 5.27 Å². The molecule has 0 aliphatic carbocycles. The standard InChI is InChI=1S/C10H12N4O/c1-8(9-5-3-2-4-6-9)12-14-7-10(11)15-13-14/h2-8H,11H2,1H3. The first-order chi connectivity index (χ1) is 7.25. The predicted octanol–water partition coefficient (Wildman–Crippen LogP) is 1.44. The first-order valence-corrected chi connectivity index (χ1v) is 4.66. The van der Waals surface area contributed by atoms with Crippen LogP contribution in [0.2, 0.25) is 0 Å². The summed E-state index contributed by atoms with van der Waals surface area (Å²) in [4.78, 5) is 1.34. The summed E-state index contributed by atoms with van der Waals surface area (Å²) in [5.74, 6) is 0.249. The van der Waals surface area contributed by atoms with E-state index >= 15 is 0 Å². The van der Waals surface area contributed by atoms with Crippen molar-refractivity contribution in [3.63, 3.8) is 0 Å². The van der Waals surface area contributed by atoms with Gasteiger partial charge < -0.3 is 10.3 Å². The molecule has 0 amide bonds. The summed E-state index contributed by atoms with van der Waals surface area (Å²) in [6, 6.07) is 9.96. The van der Waals surface area contributed by atoms with E-state index in [1.165, 1.54) is 11.0 Å². The van der Waals surface area contributed by atoms with Gasteiger partial charge in [0.15, 0.2) is 0 Å². The zero-order chi connectivity index (χ0) is 10.7. The molecule has 0 aliphatic rings. The molecule has 1 aromatic heterocycles. The lowest BCUT2D eigenvalue weighted by molar-refractivity contribution is -0.699. The number of benzene rings is 1. The van der Waals surface area contributed by atoms with Crippen LogP contribution in [0.15, 0.2) is 41.1 Å². The number of aromatic nitrogens is 2. The molecular formula is C10H12N4O. The Hall–Kier alpha value is -2.04. The quantitative estimate of drug-likeness (QED) is 0.769. The molecular weight excluding hydrogens is 192 g/mol. The molecule has 1 atom stereocenters. The Morgan fingerprint density at radius 1 is 1.40 bits per heavy atom. The van der Waals surface area contributed by atoms with Crippen LogP contribution in [0.5, 0.6) is 0 Å². The van der Waals surface area contributed by atoms with Crippen molar-refractivity contribution < 1.29 is 9.31 Å². The molecule has 15 heavy (non-hydrogen) atoms. The van der Waals surface area contributed by atoms with Crippen molar-refractivity contribution in [2.45, 2.75) is 13.0 Å². The topological polar surface area (TPSA) is 70.0 Å². The Labute approximate surface area is 87.4 Å². The second kappa shape index (κ2) is 4.00. The highest BCUT2D eigenvalue weighted by molar-refractivity contribution is 5.20. The minimum Gasteiger partial charge on any atom is -0.382 e. The number of nitrogens with two attached hydrogens (primary N) is 1. The largest absolute Gasteiger partial charge is 0.382 e. The van der Waals surface area contributed by atoms with Gasteiger partial charge in [-0.15, -0.1) is 0 Å². The van der Waals surface area contributed by atoms with E-state index in [0.29, 0.717) is 0 Å². The molecule has 2 aromatic rings. The maximum absolute atomic E-state index is 5.38. The van der Waals surface area contributed by atoms with Crippen molar-refractivity contribution in [3.8, 4) is 0 Å². The molecule has 2 rings (SSSR count). The third kappa shape index (κ3) is 2.25. The number of anilines is 1. The van der Waals surface area contributed by atoms with Crippen LogP contribution in [0.25, 0.3) is 5.43 Å². The second-order valence-corrected chi connectivity index (χ2v) is 3.23. The summed E-state index contributed by atoms with van der Waals surface area (Å²) < 4.78 is 4.70. The molecule has 0 radical (unpaired) electrons. The van der Waals surface area contributed by atoms with Crippen LogP contribution in [0.4, 0.5) is 5.88 Å².